The fourth-order valence-electron chi connectivity index (χ4n) is 2.30. The van der Waals surface area contributed by atoms with Gasteiger partial charge in [0.25, 0.3) is 0 Å². The minimum Gasteiger partial charge on any atom is -0.362 e. The van der Waals surface area contributed by atoms with Gasteiger partial charge in [-0.05, 0) is 30.3 Å². The molecule has 3 aromatic rings. The molecule has 0 fully saturated rings. The monoisotopic (exact) mass is 333 g/mol. The maximum Gasteiger partial charge on any atom is 0.137 e. The maximum absolute atomic E-state index is 4.80. The molecule has 0 spiro atoms. The van der Waals surface area contributed by atoms with Gasteiger partial charge in [-0.1, -0.05) is 48.2 Å². The summed E-state index contributed by atoms with van der Waals surface area (Å²) in [6.45, 7) is 0. The second-order valence-electron chi connectivity index (χ2n) is 5.45. The summed E-state index contributed by atoms with van der Waals surface area (Å²) in [7, 11) is 4.03. The third-order valence-electron chi connectivity index (χ3n) is 3.40. The molecule has 0 aliphatic rings. The molecular formula is C20H19N3S. The van der Waals surface area contributed by atoms with Crippen LogP contribution in [0.4, 0.5) is 5.69 Å². The molecule has 0 saturated heterocycles. The van der Waals surface area contributed by atoms with Gasteiger partial charge in [-0.2, -0.15) is 0 Å². The Hall–Kier alpha value is -2.59. The van der Waals surface area contributed by atoms with Gasteiger partial charge < -0.3 is 4.90 Å². The number of hydrogen-bond acceptors (Lipinski definition) is 3. The summed E-state index contributed by atoms with van der Waals surface area (Å²) in [5.41, 5.74) is 1.96. The van der Waals surface area contributed by atoms with Gasteiger partial charge in [0.05, 0.1) is 11.9 Å². The van der Waals surface area contributed by atoms with E-state index in [1.807, 2.05) is 43.3 Å². The van der Waals surface area contributed by atoms with Crippen LogP contribution in [0, 0.1) is 0 Å². The molecule has 0 unspecified atom stereocenters. The number of hydrogen-bond donors (Lipinski definition) is 0. The van der Waals surface area contributed by atoms with E-state index in [-0.39, 0.29) is 0 Å². The first-order chi connectivity index (χ1) is 11.7. The van der Waals surface area contributed by atoms with Gasteiger partial charge >= 0.3 is 0 Å². The topological polar surface area (TPSA) is 28.5 Å². The van der Waals surface area contributed by atoms with E-state index in [1.165, 1.54) is 9.79 Å². The van der Waals surface area contributed by atoms with Gasteiger partial charge in [-0.25, -0.2) is 4.99 Å². The Morgan fingerprint density at radius 2 is 1.67 bits per heavy atom. The molecule has 2 aromatic carbocycles. The van der Waals surface area contributed by atoms with E-state index in [1.54, 1.807) is 24.2 Å². The molecule has 3 nitrogen and oxygen atoms in total. The van der Waals surface area contributed by atoms with E-state index >= 15 is 0 Å². The van der Waals surface area contributed by atoms with Crippen LogP contribution in [-0.2, 0) is 0 Å². The van der Waals surface area contributed by atoms with Crippen LogP contribution in [0.1, 0.15) is 5.56 Å². The number of pyridine rings is 1. The Morgan fingerprint density at radius 1 is 0.917 bits per heavy atom. The van der Waals surface area contributed by atoms with Gasteiger partial charge in [0, 0.05) is 35.6 Å². The van der Waals surface area contributed by atoms with E-state index in [4.69, 9.17) is 4.99 Å². The van der Waals surface area contributed by atoms with Crippen molar-refractivity contribution < 1.29 is 0 Å². The third-order valence-corrected chi connectivity index (χ3v) is 4.49. The summed E-state index contributed by atoms with van der Waals surface area (Å²) >= 11 is 1.75. The Balaban J connectivity index is 2.01. The minimum absolute atomic E-state index is 0.848. The van der Waals surface area contributed by atoms with E-state index in [0.29, 0.717) is 0 Å². The highest BCUT2D eigenvalue weighted by Gasteiger charge is 2.12. The number of amidine groups is 1. The predicted molar refractivity (Wildman–Crippen MR) is 101 cm³/mol. The zero-order valence-electron chi connectivity index (χ0n) is 13.8. The Bertz CT molecular complexity index is 815. The van der Waals surface area contributed by atoms with Crippen molar-refractivity contribution in [1.82, 2.24) is 9.88 Å². The van der Waals surface area contributed by atoms with Crippen molar-refractivity contribution in [2.75, 3.05) is 14.1 Å². The standard InChI is InChI=1S/C20H19N3S/c1-23(2)20(22-16-9-8-14-21-15-16)18-12-6-7-13-19(18)24-17-10-4-3-5-11-17/h3-15H,1-2H3. The molecular weight excluding hydrogens is 314 g/mol. The molecule has 4 heteroatoms. The SMILES string of the molecule is CN(C)C(=Nc1cccnc1)c1ccccc1Sc1ccccc1. The average molecular weight is 333 g/mol. The Morgan fingerprint density at radius 3 is 2.38 bits per heavy atom. The lowest BCUT2D eigenvalue weighted by Gasteiger charge is -2.18. The molecule has 0 amide bonds. The summed E-state index contributed by atoms with van der Waals surface area (Å²) in [6.07, 6.45) is 3.53. The smallest absolute Gasteiger partial charge is 0.137 e. The lowest BCUT2D eigenvalue weighted by Crippen LogP contribution is -2.23. The second kappa shape index (κ2) is 7.79. The predicted octanol–water partition coefficient (Wildman–Crippen LogP) is 4.87. The molecule has 1 aromatic heterocycles. The fraction of sp³-hybridized carbons (Fsp3) is 0.100. The maximum atomic E-state index is 4.80. The van der Waals surface area contributed by atoms with Crippen LogP contribution in [0.25, 0.3) is 0 Å². The summed E-state index contributed by atoms with van der Waals surface area (Å²) in [5.74, 6) is 0.919. The van der Waals surface area contributed by atoms with E-state index in [9.17, 15) is 0 Å². The summed E-state index contributed by atoms with van der Waals surface area (Å²) < 4.78 is 0. The van der Waals surface area contributed by atoms with Crippen molar-refractivity contribution in [3.05, 3.63) is 84.7 Å². The van der Waals surface area contributed by atoms with Gasteiger partial charge in [0.1, 0.15) is 5.84 Å². The molecule has 1 heterocycles. The quantitative estimate of drug-likeness (QED) is 0.503. The number of aliphatic imine (C=N–C) groups is 1. The molecule has 0 N–H and O–H groups in total. The second-order valence-corrected chi connectivity index (χ2v) is 6.57. The molecule has 0 bridgehead atoms. The number of nitrogens with zero attached hydrogens (tertiary/aromatic N) is 3. The lowest BCUT2D eigenvalue weighted by molar-refractivity contribution is 0.622. The largest absolute Gasteiger partial charge is 0.362 e. The number of aromatic nitrogens is 1. The zero-order valence-corrected chi connectivity index (χ0v) is 14.6. The molecule has 0 aliphatic heterocycles. The number of rotatable bonds is 4. The van der Waals surface area contributed by atoms with E-state index in [2.05, 4.69) is 47.4 Å². The fourth-order valence-corrected chi connectivity index (χ4v) is 3.26. The number of benzene rings is 2. The van der Waals surface area contributed by atoms with Crippen molar-refractivity contribution in [2.45, 2.75) is 9.79 Å². The van der Waals surface area contributed by atoms with Crippen LogP contribution in [0.2, 0.25) is 0 Å². The van der Waals surface area contributed by atoms with E-state index < -0.39 is 0 Å². The molecule has 3 rings (SSSR count). The van der Waals surface area contributed by atoms with Crippen LogP contribution in [0.3, 0.4) is 0 Å². The Kier molecular flexibility index (Phi) is 5.29. The summed E-state index contributed by atoms with van der Waals surface area (Å²) in [5, 5.41) is 0. The lowest BCUT2D eigenvalue weighted by atomic mass is 10.2. The normalized spacial score (nSPS) is 11.3. The van der Waals surface area contributed by atoms with E-state index in [0.717, 1.165) is 17.1 Å². The van der Waals surface area contributed by atoms with Crippen molar-refractivity contribution >= 4 is 23.3 Å². The van der Waals surface area contributed by atoms with Crippen LogP contribution >= 0.6 is 11.8 Å². The van der Waals surface area contributed by atoms with Gasteiger partial charge in [0.15, 0.2) is 0 Å². The molecule has 24 heavy (non-hydrogen) atoms. The van der Waals surface area contributed by atoms with Crippen molar-refractivity contribution in [1.29, 1.82) is 0 Å². The van der Waals surface area contributed by atoms with Crippen LogP contribution in [0.5, 0.6) is 0 Å². The molecule has 120 valence electrons. The third kappa shape index (κ3) is 4.03. The molecule has 0 saturated carbocycles. The highest BCUT2D eigenvalue weighted by Crippen LogP contribution is 2.31. The van der Waals surface area contributed by atoms with Crippen LogP contribution < -0.4 is 0 Å². The van der Waals surface area contributed by atoms with Gasteiger partial charge in [-0.3, -0.25) is 4.98 Å². The van der Waals surface area contributed by atoms with Gasteiger partial charge in [0.2, 0.25) is 0 Å². The summed E-state index contributed by atoms with van der Waals surface area (Å²) in [6, 6.07) is 22.6. The molecule has 0 radical (unpaired) electrons. The molecule has 0 aliphatic carbocycles. The molecule has 0 atom stereocenters. The van der Waals surface area contributed by atoms with Crippen LogP contribution in [0.15, 0.2) is 93.9 Å². The average Bonchev–Trinajstić information content (AvgIpc) is 2.62. The first-order valence-electron chi connectivity index (χ1n) is 7.72. The summed E-state index contributed by atoms with van der Waals surface area (Å²) in [4.78, 5) is 13.4. The first kappa shape index (κ1) is 16.3. The van der Waals surface area contributed by atoms with Crippen molar-refractivity contribution in [2.24, 2.45) is 4.99 Å². The highest BCUT2D eigenvalue weighted by atomic mass is 32.2. The van der Waals surface area contributed by atoms with Crippen molar-refractivity contribution in [3.63, 3.8) is 0 Å². The van der Waals surface area contributed by atoms with Crippen molar-refractivity contribution in [3.8, 4) is 0 Å². The highest BCUT2D eigenvalue weighted by molar-refractivity contribution is 7.99. The van der Waals surface area contributed by atoms with Crippen LogP contribution in [-0.4, -0.2) is 29.8 Å². The Labute approximate surface area is 147 Å². The minimum atomic E-state index is 0.848. The van der Waals surface area contributed by atoms with Gasteiger partial charge in [-0.15, -0.1) is 0 Å². The zero-order chi connectivity index (χ0) is 16.8. The first-order valence-corrected chi connectivity index (χ1v) is 8.54.